The minimum atomic E-state index is -0.0181. The molecule has 1 atom stereocenters. The Kier molecular flexibility index (Phi) is 7.67. The molecule has 0 aliphatic carbocycles. The number of para-hydroxylation sites is 2. The second-order valence-electron chi connectivity index (χ2n) is 5.52. The maximum absolute atomic E-state index is 9.85. The van der Waals surface area contributed by atoms with E-state index in [4.69, 9.17) is 0 Å². The summed E-state index contributed by atoms with van der Waals surface area (Å²) in [6.07, 6.45) is 0. The van der Waals surface area contributed by atoms with E-state index in [1.165, 1.54) is 0 Å². The molecular weight excluding hydrogens is 347 g/mol. The number of benzene rings is 2. The van der Waals surface area contributed by atoms with Crippen molar-refractivity contribution in [2.75, 3.05) is 6.54 Å². The summed E-state index contributed by atoms with van der Waals surface area (Å²) in [5.41, 5.74) is 3.04. The zero-order valence-electron chi connectivity index (χ0n) is 14.0. The van der Waals surface area contributed by atoms with Gasteiger partial charge in [-0.1, -0.05) is 24.3 Å². The number of hydrogen-bond acceptors (Lipinski definition) is 4. The fraction of sp³-hybridized carbons (Fsp3) is 0.263. The summed E-state index contributed by atoms with van der Waals surface area (Å²) in [7, 11) is 0. The number of nitrogens with zero attached hydrogens (tertiary/aromatic N) is 2. The van der Waals surface area contributed by atoms with Gasteiger partial charge in [-0.3, -0.25) is 9.98 Å². The van der Waals surface area contributed by atoms with E-state index in [-0.39, 0.29) is 34.0 Å². The molecule has 2 rings (SSSR count). The first-order chi connectivity index (χ1) is 11.0. The average molecular weight is 369 g/mol. The maximum atomic E-state index is 9.85. The second-order valence-corrected chi connectivity index (χ2v) is 5.52. The molecule has 1 unspecified atom stereocenters. The molecule has 0 spiro atoms. The van der Waals surface area contributed by atoms with Crippen molar-refractivity contribution >= 4 is 11.4 Å². The van der Waals surface area contributed by atoms with Crippen molar-refractivity contribution in [2.45, 2.75) is 26.8 Å². The minimum absolute atomic E-state index is 0. The third-order valence-corrected chi connectivity index (χ3v) is 3.59. The van der Waals surface area contributed by atoms with Crippen LogP contribution in [0.3, 0.4) is 0 Å². The van der Waals surface area contributed by atoms with Gasteiger partial charge >= 0.3 is 0 Å². The Bertz CT molecular complexity index is 742. The van der Waals surface area contributed by atoms with E-state index in [1.54, 1.807) is 24.3 Å². The van der Waals surface area contributed by atoms with Crippen LogP contribution in [0.2, 0.25) is 0 Å². The summed E-state index contributed by atoms with van der Waals surface area (Å²) in [6, 6.07) is 14.3. The molecule has 0 aliphatic rings. The minimum Gasteiger partial charge on any atom is -0.507 e. The quantitative estimate of drug-likeness (QED) is 0.622. The first kappa shape index (κ1) is 19.9. The van der Waals surface area contributed by atoms with Crippen molar-refractivity contribution in [2.24, 2.45) is 9.98 Å². The maximum Gasteiger partial charge on any atom is 0.124 e. The normalized spacial score (nSPS) is 13.3. The number of hydrogen-bond donors (Lipinski definition) is 2. The van der Waals surface area contributed by atoms with Crippen LogP contribution in [0.1, 0.15) is 31.9 Å². The summed E-state index contributed by atoms with van der Waals surface area (Å²) < 4.78 is 0. The summed E-state index contributed by atoms with van der Waals surface area (Å²) in [5.74, 6) is 0.463. The standard InChI is InChI=1S/C19H22N2O2.Ni/c1-13(21-15(3)17-9-5-7-11-19(17)23)12-20-14(2)16-8-4-6-10-18(16)22;/h4-11,13,22-23H,12H2,1-3H3;. The van der Waals surface area contributed by atoms with E-state index in [2.05, 4.69) is 9.98 Å². The van der Waals surface area contributed by atoms with E-state index in [0.29, 0.717) is 6.54 Å². The Labute approximate surface area is 152 Å². The number of aliphatic imine (C=N–C) groups is 2. The van der Waals surface area contributed by atoms with Gasteiger partial charge in [-0.05, 0) is 45.0 Å². The van der Waals surface area contributed by atoms with Gasteiger partial charge in [0.15, 0.2) is 0 Å². The van der Waals surface area contributed by atoms with Crippen molar-refractivity contribution in [3.8, 4) is 11.5 Å². The van der Waals surface area contributed by atoms with Crippen LogP contribution < -0.4 is 0 Å². The monoisotopic (exact) mass is 368 g/mol. The van der Waals surface area contributed by atoms with Gasteiger partial charge in [0.1, 0.15) is 11.5 Å². The molecular formula is C19H22N2NiO2. The molecule has 0 saturated heterocycles. The molecule has 0 aromatic heterocycles. The van der Waals surface area contributed by atoms with Crippen LogP contribution in [-0.2, 0) is 16.5 Å². The second kappa shape index (κ2) is 9.24. The molecule has 5 heteroatoms. The predicted octanol–water partition coefficient (Wildman–Crippen LogP) is 3.80. The van der Waals surface area contributed by atoms with Gasteiger partial charge in [0.25, 0.3) is 0 Å². The topological polar surface area (TPSA) is 65.2 Å². The zero-order valence-corrected chi connectivity index (χ0v) is 15.0. The third kappa shape index (κ3) is 5.21. The van der Waals surface area contributed by atoms with Crippen molar-refractivity contribution in [1.29, 1.82) is 0 Å². The van der Waals surface area contributed by atoms with Crippen LogP contribution in [0, 0.1) is 0 Å². The molecule has 0 aliphatic heterocycles. The Balaban J connectivity index is 0.00000288. The zero-order chi connectivity index (χ0) is 16.8. The molecule has 0 radical (unpaired) electrons. The predicted molar refractivity (Wildman–Crippen MR) is 95.0 cm³/mol. The molecule has 0 bridgehead atoms. The Morgan fingerprint density at radius 3 is 1.83 bits per heavy atom. The molecule has 2 N–H and O–H groups in total. The Hall–Kier alpha value is -2.13. The van der Waals surface area contributed by atoms with Crippen LogP contribution in [0.4, 0.5) is 0 Å². The fourth-order valence-electron chi connectivity index (χ4n) is 2.35. The van der Waals surface area contributed by atoms with Gasteiger partial charge in [0.05, 0.1) is 12.6 Å². The van der Waals surface area contributed by atoms with Gasteiger partial charge in [0.2, 0.25) is 0 Å². The molecule has 0 fully saturated rings. The molecule has 4 nitrogen and oxygen atoms in total. The Morgan fingerprint density at radius 1 is 0.875 bits per heavy atom. The summed E-state index contributed by atoms with van der Waals surface area (Å²) in [4.78, 5) is 9.09. The van der Waals surface area contributed by atoms with Crippen LogP contribution in [0.25, 0.3) is 0 Å². The van der Waals surface area contributed by atoms with Gasteiger partial charge in [-0.2, -0.15) is 0 Å². The van der Waals surface area contributed by atoms with E-state index in [0.717, 1.165) is 22.6 Å². The number of aromatic hydroxyl groups is 2. The third-order valence-electron chi connectivity index (χ3n) is 3.59. The number of phenolic OH excluding ortho intramolecular Hbond substituents is 2. The largest absolute Gasteiger partial charge is 0.507 e. The first-order valence-electron chi connectivity index (χ1n) is 7.61. The van der Waals surface area contributed by atoms with E-state index in [1.807, 2.05) is 45.0 Å². The molecule has 0 amide bonds. The summed E-state index contributed by atoms with van der Waals surface area (Å²) >= 11 is 0. The van der Waals surface area contributed by atoms with E-state index >= 15 is 0 Å². The van der Waals surface area contributed by atoms with Gasteiger partial charge in [0, 0.05) is 39.0 Å². The van der Waals surface area contributed by atoms with E-state index in [9.17, 15) is 10.2 Å². The fourth-order valence-corrected chi connectivity index (χ4v) is 2.35. The van der Waals surface area contributed by atoms with Gasteiger partial charge in [-0.25, -0.2) is 0 Å². The number of rotatable bonds is 5. The first-order valence-corrected chi connectivity index (χ1v) is 7.61. The summed E-state index contributed by atoms with van der Waals surface area (Å²) in [6.45, 7) is 6.25. The average Bonchev–Trinajstić information content (AvgIpc) is 2.53. The molecule has 24 heavy (non-hydrogen) atoms. The van der Waals surface area contributed by atoms with Gasteiger partial charge in [-0.15, -0.1) is 0 Å². The molecule has 0 heterocycles. The van der Waals surface area contributed by atoms with Crippen LogP contribution in [-0.4, -0.2) is 34.2 Å². The SMILES string of the molecule is CC(=NCC(C)N=C(C)c1ccccc1O)c1ccccc1O.[Ni]. The molecule has 0 saturated carbocycles. The van der Waals surface area contributed by atoms with Crippen molar-refractivity contribution < 1.29 is 26.7 Å². The van der Waals surface area contributed by atoms with Gasteiger partial charge < -0.3 is 10.2 Å². The summed E-state index contributed by atoms with van der Waals surface area (Å²) in [5, 5.41) is 19.7. The van der Waals surface area contributed by atoms with Crippen LogP contribution in [0.5, 0.6) is 11.5 Å². The van der Waals surface area contributed by atoms with E-state index < -0.39 is 0 Å². The molecule has 130 valence electrons. The van der Waals surface area contributed by atoms with Crippen molar-refractivity contribution in [3.63, 3.8) is 0 Å². The Morgan fingerprint density at radius 2 is 1.33 bits per heavy atom. The molecule has 2 aromatic rings. The van der Waals surface area contributed by atoms with Crippen molar-refractivity contribution in [1.82, 2.24) is 0 Å². The molecule has 2 aromatic carbocycles. The smallest absolute Gasteiger partial charge is 0.124 e. The van der Waals surface area contributed by atoms with Crippen LogP contribution in [0.15, 0.2) is 58.5 Å². The van der Waals surface area contributed by atoms with Crippen LogP contribution >= 0.6 is 0 Å². The number of phenols is 2. The van der Waals surface area contributed by atoms with Crippen molar-refractivity contribution in [3.05, 3.63) is 59.7 Å².